The maximum Gasteiger partial charge on any atom is 0.227 e. The number of rotatable bonds is 2. The summed E-state index contributed by atoms with van der Waals surface area (Å²) in [7, 11) is 0. The van der Waals surface area contributed by atoms with E-state index in [0.29, 0.717) is 16.3 Å². The van der Waals surface area contributed by atoms with Crippen molar-refractivity contribution in [1.82, 2.24) is 0 Å². The van der Waals surface area contributed by atoms with Crippen LogP contribution in [0.25, 0.3) is 0 Å². The maximum atomic E-state index is 13.3. The number of hydrogen-bond acceptors (Lipinski definition) is 1. The number of carbonyl (C=O) groups excluding carboxylic acids is 1. The molecule has 4 aliphatic carbocycles. The van der Waals surface area contributed by atoms with Crippen LogP contribution < -0.4 is 4.90 Å². The SMILES string of the molecule is CC1Cc2ccccc2N1C(=O)CC12CC3CC(CC(Br)(C3)C1)C2. The highest BCUT2D eigenvalue weighted by atomic mass is 79.9. The Morgan fingerprint density at radius 1 is 1.21 bits per heavy atom. The Hall–Kier alpha value is -0.830. The summed E-state index contributed by atoms with van der Waals surface area (Å²) in [4.78, 5) is 15.4. The molecule has 1 aromatic carbocycles. The third-order valence-electron chi connectivity index (χ3n) is 7.11. The highest BCUT2D eigenvalue weighted by molar-refractivity contribution is 9.10. The van der Waals surface area contributed by atoms with Crippen molar-refractivity contribution in [2.24, 2.45) is 17.3 Å². The van der Waals surface area contributed by atoms with Crippen molar-refractivity contribution in [3.63, 3.8) is 0 Å². The molecule has 0 saturated heterocycles. The van der Waals surface area contributed by atoms with E-state index in [1.165, 1.54) is 44.1 Å². The molecular weight excluding hydrogens is 362 g/mol. The molecule has 24 heavy (non-hydrogen) atoms. The van der Waals surface area contributed by atoms with Gasteiger partial charge in [0.25, 0.3) is 0 Å². The van der Waals surface area contributed by atoms with Crippen LogP contribution in [-0.4, -0.2) is 16.3 Å². The molecule has 1 aliphatic heterocycles. The minimum absolute atomic E-state index is 0.266. The lowest BCUT2D eigenvalue weighted by Gasteiger charge is -2.60. The number of anilines is 1. The molecule has 0 spiro atoms. The van der Waals surface area contributed by atoms with Crippen molar-refractivity contribution in [2.45, 2.75) is 68.7 Å². The van der Waals surface area contributed by atoms with Gasteiger partial charge in [0.2, 0.25) is 5.91 Å². The molecule has 3 heteroatoms. The minimum atomic E-state index is 0.266. The molecule has 1 amide bonds. The van der Waals surface area contributed by atoms with Gasteiger partial charge in [-0.25, -0.2) is 0 Å². The molecular formula is C21H26BrNO. The van der Waals surface area contributed by atoms with Gasteiger partial charge in [-0.05, 0) is 80.8 Å². The molecule has 6 rings (SSSR count). The number of carbonyl (C=O) groups is 1. The molecule has 1 aromatic rings. The average Bonchev–Trinajstić information content (AvgIpc) is 2.79. The second-order valence-electron chi connectivity index (χ2n) is 9.23. The first kappa shape index (κ1) is 15.4. The largest absolute Gasteiger partial charge is 0.309 e. The lowest BCUT2D eigenvalue weighted by atomic mass is 9.48. The molecule has 2 nitrogen and oxygen atoms in total. The van der Waals surface area contributed by atoms with Gasteiger partial charge in [-0.2, -0.15) is 0 Å². The second-order valence-corrected chi connectivity index (χ2v) is 10.9. The van der Waals surface area contributed by atoms with Crippen LogP contribution in [0.4, 0.5) is 5.69 Å². The topological polar surface area (TPSA) is 20.3 Å². The van der Waals surface area contributed by atoms with Crippen LogP contribution in [0.5, 0.6) is 0 Å². The molecule has 0 radical (unpaired) electrons. The van der Waals surface area contributed by atoms with Crippen LogP contribution in [0.2, 0.25) is 0 Å². The van der Waals surface area contributed by atoms with Gasteiger partial charge < -0.3 is 4.90 Å². The lowest BCUT2D eigenvalue weighted by Crippen LogP contribution is -2.54. The van der Waals surface area contributed by atoms with Crippen LogP contribution in [-0.2, 0) is 11.2 Å². The molecule has 4 fully saturated rings. The van der Waals surface area contributed by atoms with E-state index in [0.717, 1.165) is 30.4 Å². The summed E-state index contributed by atoms with van der Waals surface area (Å²) in [6.45, 7) is 2.20. The normalized spacial score (nSPS) is 42.4. The van der Waals surface area contributed by atoms with Crippen molar-refractivity contribution < 1.29 is 4.79 Å². The molecule has 3 atom stereocenters. The van der Waals surface area contributed by atoms with Gasteiger partial charge in [0.15, 0.2) is 0 Å². The summed E-state index contributed by atoms with van der Waals surface area (Å²) in [5, 5.41) is 0. The number of amides is 1. The minimum Gasteiger partial charge on any atom is -0.309 e. The first-order chi connectivity index (χ1) is 11.5. The highest BCUT2D eigenvalue weighted by Gasteiger charge is 2.57. The van der Waals surface area contributed by atoms with Gasteiger partial charge in [0.1, 0.15) is 0 Å². The molecule has 0 N–H and O–H groups in total. The molecule has 0 aromatic heterocycles. The molecule has 1 heterocycles. The monoisotopic (exact) mass is 387 g/mol. The summed E-state index contributed by atoms with van der Waals surface area (Å²) >= 11 is 4.08. The van der Waals surface area contributed by atoms with E-state index in [-0.39, 0.29) is 5.41 Å². The number of nitrogens with zero attached hydrogens (tertiary/aromatic N) is 1. The van der Waals surface area contributed by atoms with E-state index >= 15 is 0 Å². The molecule has 4 bridgehead atoms. The highest BCUT2D eigenvalue weighted by Crippen LogP contribution is 2.65. The first-order valence-electron chi connectivity index (χ1n) is 9.54. The van der Waals surface area contributed by atoms with Gasteiger partial charge in [0.05, 0.1) is 0 Å². The lowest BCUT2D eigenvalue weighted by molar-refractivity contribution is -0.125. The number of benzene rings is 1. The van der Waals surface area contributed by atoms with Crippen LogP contribution in [0.15, 0.2) is 24.3 Å². The van der Waals surface area contributed by atoms with Gasteiger partial charge in [0, 0.05) is 22.5 Å². The first-order valence-corrected chi connectivity index (χ1v) is 10.3. The van der Waals surface area contributed by atoms with Crippen molar-refractivity contribution >= 4 is 27.5 Å². The Bertz CT molecular complexity index is 685. The summed E-state index contributed by atoms with van der Waals surface area (Å²) in [5.74, 6) is 2.06. The van der Waals surface area contributed by atoms with Crippen molar-refractivity contribution in [3.05, 3.63) is 29.8 Å². The van der Waals surface area contributed by atoms with Crippen LogP contribution in [0.1, 0.15) is 57.4 Å². The van der Waals surface area contributed by atoms with E-state index in [1.807, 2.05) is 0 Å². The van der Waals surface area contributed by atoms with Crippen molar-refractivity contribution in [3.8, 4) is 0 Å². The van der Waals surface area contributed by atoms with Crippen LogP contribution >= 0.6 is 15.9 Å². The van der Waals surface area contributed by atoms with E-state index in [9.17, 15) is 4.79 Å². The number of alkyl halides is 1. The van der Waals surface area contributed by atoms with Crippen LogP contribution in [0.3, 0.4) is 0 Å². The Kier molecular flexibility index (Phi) is 3.27. The predicted molar refractivity (Wildman–Crippen MR) is 100 cm³/mol. The predicted octanol–water partition coefficient (Wildman–Crippen LogP) is 5.09. The quantitative estimate of drug-likeness (QED) is 0.647. The third-order valence-corrected chi connectivity index (χ3v) is 8.04. The summed E-state index contributed by atoms with van der Waals surface area (Å²) in [5.41, 5.74) is 2.76. The standard InChI is InChI=1S/C21H26BrNO/c1-14-6-17-4-2-3-5-18(17)23(14)19(24)12-20-8-15-7-16(9-20)11-21(22,10-15)13-20/h2-5,14-16H,6-13H2,1H3. The van der Waals surface area contributed by atoms with Crippen LogP contribution in [0, 0.1) is 17.3 Å². The summed E-state index contributed by atoms with van der Waals surface area (Å²) in [6.07, 6.45) is 9.62. The Morgan fingerprint density at radius 3 is 2.62 bits per heavy atom. The zero-order valence-corrected chi connectivity index (χ0v) is 16.0. The van der Waals surface area contributed by atoms with E-state index < -0.39 is 0 Å². The number of fused-ring (bicyclic) bond motifs is 1. The second kappa shape index (κ2) is 5.09. The van der Waals surface area contributed by atoms with Gasteiger partial charge in [-0.15, -0.1) is 0 Å². The fourth-order valence-corrected chi connectivity index (χ4v) is 8.40. The summed E-state index contributed by atoms with van der Waals surface area (Å²) < 4.78 is 0.339. The zero-order valence-electron chi connectivity index (χ0n) is 14.4. The Labute approximate surface area is 153 Å². The Balaban J connectivity index is 1.41. The Morgan fingerprint density at radius 2 is 1.92 bits per heavy atom. The molecule has 128 valence electrons. The molecule has 5 aliphatic rings. The van der Waals surface area contributed by atoms with Crippen molar-refractivity contribution in [1.29, 1.82) is 0 Å². The number of para-hydroxylation sites is 1. The van der Waals surface area contributed by atoms with E-state index in [4.69, 9.17) is 0 Å². The fourth-order valence-electron chi connectivity index (χ4n) is 6.89. The molecule has 4 saturated carbocycles. The van der Waals surface area contributed by atoms with E-state index in [1.54, 1.807) is 0 Å². The fraction of sp³-hybridized carbons (Fsp3) is 0.667. The van der Waals surface area contributed by atoms with Crippen molar-refractivity contribution in [2.75, 3.05) is 4.90 Å². The van der Waals surface area contributed by atoms with Gasteiger partial charge in [-0.1, -0.05) is 34.1 Å². The smallest absolute Gasteiger partial charge is 0.227 e. The maximum absolute atomic E-state index is 13.3. The van der Waals surface area contributed by atoms with Gasteiger partial charge in [-0.3, -0.25) is 4.79 Å². The third kappa shape index (κ3) is 2.30. The van der Waals surface area contributed by atoms with Gasteiger partial charge >= 0.3 is 0 Å². The number of halogens is 1. The van der Waals surface area contributed by atoms with E-state index in [2.05, 4.69) is 52.0 Å². The zero-order chi connectivity index (χ0) is 16.5. The number of hydrogen-bond donors (Lipinski definition) is 0. The summed E-state index contributed by atoms with van der Waals surface area (Å²) in [6, 6.07) is 8.77. The molecule has 3 unspecified atom stereocenters. The average molecular weight is 388 g/mol.